The predicted octanol–water partition coefficient (Wildman–Crippen LogP) is 4.12. The van der Waals surface area contributed by atoms with E-state index in [0.717, 1.165) is 50.1 Å². The van der Waals surface area contributed by atoms with Gasteiger partial charge < -0.3 is 9.80 Å². The lowest BCUT2D eigenvalue weighted by Gasteiger charge is -2.50. The van der Waals surface area contributed by atoms with Gasteiger partial charge in [-0.05, 0) is 61.3 Å². The highest BCUT2D eigenvalue weighted by atomic mass is 16.2. The summed E-state index contributed by atoms with van der Waals surface area (Å²) in [6.07, 6.45) is 6.90. The first-order valence-electron chi connectivity index (χ1n) is 10.6. The monoisotopic (exact) mass is 377 g/mol. The molecule has 2 aliphatic heterocycles. The number of piperidine rings is 2. The predicted molar refractivity (Wildman–Crippen MR) is 112 cm³/mol. The molecule has 0 saturated carbocycles. The van der Waals surface area contributed by atoms with Gasteiger partial charge >= 0.3 is 0 Å². The Hall–Kier alpha value is -2.20. The molecule has 4 nitrogen and oxygen atoms in total. The molecule has 2 saturated heterocycles. The molecule has 1 spiro atoms. The number of likely N-dealkylation sites (tertiary alicyclic amines) is 2. The molecule has 0 bridgehead atoms. The van der Waals surface area contributed by atoms with Crippen molar-refractivity contribution in [1.82, 2.24) is 14.8 Å². The number of hydrogen-bond acceptors (Lipinski definition) is 3. The van der Waals surface area contributed by atoms with Crippen LogP contribution in [0.4, 0.5) is 0 Å². The number of amides is 1. The molecular formula is C24H31N3O. The second-order valence-corrected chi connectivity index (χ2v) is 8.62. The average Bonchev–Trinajstić information content (AvgIpc) is 2.74. The van der Waals surface area contributed by atoms with Gasteiger partial charge in [-0.25, -0.2) is 0 Å². The summed E-state index contributed by atoms with van der Waals surface area (Å²) in [4.78, 5) is 21.8. The molecule has 28 heavy (non-hydrogen) atoms. The molecule has 4 rings (SSSR count). The number of hydrogen-bond donors (Lipinski definition) is 0. The van der Waals surface area contributed by atoms with Crippen molar-refractivity contribution in [2.45, 2.75) is 39.0 Å². The van der Waals surface area contributed by atoms with Gasteiger partial charge in [0.2, 0.25) is 0 Å². The Labute approximate surface area is 168 Å². The van der Waals surface area contributed by atoms with E-state index < -0.39 is 0 Å². The van der Waals surface area contributed by atoms with Gasteiger partial charge in [-0.3, -0.25) is 9.78 Å². The second-order valence-electron chi connectivity index (χ2n) is 8.62. The van der Waals surface area contributed by atoms with E-state index in [4.69, 9.17) is 0 Å². The molecule has 1 aromatic carbocycles. The normalized spacial score (nSPS) is 22.4. The standard InChI is InChI=1S/C24H31N3O/c1-3-26-17-21(20-7-5-4-6-8-20)15-24(18-26)10-13-27(14-11-24)23(28)22-16-25-12-9-19(22)2/h4-9,12,16,21H,3,10-11,13-15,17-18H2,1-2H3/t21-/m0/s1. The Morgan fingerprint density at radius 3 is 2.61 bits per heavy atom. The van der Waals surface area contributed by atoms with Crippen LogP contribution in [0.1, 0.15) is 53.6 Å². The van der Waals surface area contributed by atoms with Crippen LogP contribution in [0.3, 0.4) is 0 Å². The highest BCUT2D eigenvalue weighted by molar-refractivity contribution is 5.95. The number of likely N-dealkylation sites (N-methyl/N-ethyl adjacent to an activating group) is 1. The summed E-state index contributed by atoms with van der Waals surface area (Å²) < 4.78 is 0. The van der Waals surface area contributed by atoms with Gasteiger partial charge in [-0.2, -0.15) is 0 Å². The largest absolute Gasteiger partial charge is 0.339 e. The van der Waals surface area contributed by atoms with E-state index in [1.54, 1.807) is 12.4 Å². The van der Waals surface area contributed by atoms with Crippen LogP contribution in [-0.4, -0.2) is 53.4 Å². The first-order valence-corrected chi connectivity index (χ1v) is 10.6. The Balaban J connectivity index is 1.47. The Kier molecular flexibility index (Phi) is 5.49. The number of carbonyl (C=O) groups excluding carboxylic acids is 1. The number of nitrogens with zero attached hydrogens (tertiary/aromatic N) is 3. The summed E-state index contributed by atoms with van der Waals surface area (Å²) in [6, 6.07) is 12.9. The van der Waals surface area contributed by atoms with Crippen LogP contribution >= 0.6 is 0 Å². The zero-order chi connectivity index (χ0) is 19.6. The molecule has 0 aliphatic carbocycles. The van der Waals surface area contributed by atoms with Crippen molar-refractivity contribution in [2.75, 3.05) is 32.7 Å². The zero-order valence-electron chi connectivity index (χ0n) is 17.1. The highest BCUT2D eigenvalue weighted by Gasteiger charge is 2.42. The van der Waals surface area contributed by atoms with Crippen molar-refractivity contribution in [1.29, 1.82) is 0 Å². The van der Waals surface area contributed by atoms with Gasteiger partial charge in [0, 0.05) is 38.6 Å². The van der Waals surface area contributed by atoms with Gasteiger partial charge in [0.25, 0.3) is 5.91 Å². The fourth-order valence-corrected chi connectivity index (χ4v) is 5.10. The fourth-order valence-electron chi connectivity index (χ4n) is 5.10. The number of carbonyl (C=O) groups is 1. The molecule has 2 aromatic rings. The van der Waals surface area contributed by atoms with Gasteiger partial charge in [0.05, 0.1) is 5.56 Å². The van der Waals surface area contributed by atoms with Crippen molar-refractivity contribution < 1.29 is 4.79 Å². The van der Waals surface area contributed by atoms with Crippen LogP contribution < -0.4 is 0 Å². The zero-order valence-corrected chi connectivity index (χ0v) is 17.1. The number of rotatable bonds is 3. The van der Waals surface area contributed by atoms with Crippen molar-refractivity contribution >= 4 is 5.91 Å². The number of pyridine rings is 1. The maximum Gasteiger partial charge on any atom is 0.255 e. The van der Waals surface area contributed by atoms with E-state index >= 15 is 0 Å². The minimum absolute atomic E-state index is 0.142. The van der Waals surface area contributed by atoms with Crippen LogP contribution in [0, 0.1) is 12.3 Å². The minimum atomic E-state index is 0.142. The maximum atomic E-state index is 13.0. The molecule has 148 valence electrons. The average molecular weight is 378 g/mol. The summed E-state index contributed by atoms with van der Waals surface area (Å²) in [6.45, 7) is 9.39. The van der Waals surface area contributed by atoms with Crippen LogP contribution in [0.25, 0.3) is 0 Å². The SMILES string of the molecule is CCN1C[C@@H](c2ccccc2)CC2(CCN(C(=O)c3cnccc3C)CC2)C1. The van der Waals surface area contributed by atoms with E-state index in [1.807, 2.05) is 17.9 Å². The molecule has 2 fully saturated rings. The summed E-state index contributed by atoms with van der Waals surface area (Å²) in [5.74, 6) is 0.737. The van der Waals surface area contributed by atoms with Gasteiger partial charge in [-0.1, -0.05) is 37.3 Å². The van der Waals surface area contributed by atoms with Crippen LogP contribution in [0.5, 0.6) is 0 Å². The Morgan fingerprint density at radius 1 is 1.18 bits per heavy atom. The first-order chi connectivity index (χ1) is 13.6. The third kappa shape index (κ3) is 3.83. The molecule has 0 N–H and O–H groups in total. The van der Waals surface area contributed by atoms with E-state index in [1.165, 1.54) is 18.5 Å². The molecular weight excluding hydrogens is 346 g/mol. The van der Waals surface area contributed by atoms with E-state index in [2.05, 4.69) is 47.1 Å². The van der Waals surface area contributed by atoms with E-state index in [0.29, 0.717) is 11.3 Å². The van der Waals surface area contributed by atoms with E-state index in [-0.39, 0.29) is 5.91 Å². The third-order valence-electron chi connectivity index (χ3n) is 6.82. The molecule has 1 atom stereocenters. The lowest BCUT2D eigenvalue weighted by Crippen LogP contribution is -2.52. The summed E-state index contributed by atoms with van der Waals surface area (Å²) in [5.41, 5.74) is 3.55. The number of benzene rings is 1. The van der Waals surface area contributed by atoms with Crippen molar-refractivity contribution in [3.8, 4) is 0 Å². The van der Waals surface area contributed by atoms with Crippen molar-refractivity contribution in [3.05, 3.63) is 65.5 Å². The van der Waals surface area contributed by atoms with E-state index in [9.17, 15) is 4.79 Å². The molecule has 1 amide bonds. The van der Waals surface area contributed by atoms with Crippen molar-refractivity contribution in [2.24, 2.45) is 5.41 Å². The molecule has 0 unspecified atom stereocenters. The maximum absolute atomic E-state index is 13.0. The molecule has 1 aromatic heterocycles. The lowest BCUT2D eigenvalue weighted by atomic mass is 9.68. The Morgan fingerprint density at radius 2 is 1.93 bits per heavy atom. The summed E-state index contributed by atoms with van der Waals surface area (Å²) in [7, 11) is 0. The summed E-state index contributed by atoms with van der Waals surface area (Å²) >= 11 is 0. The topological polar surface area (TPSA) is 36.4 Å². The fraction of sp³-hybridized carbons (Fsp3) is 0.500. The molecule has 0 radical (unpaired) electrons. The van der Waals surface area contributed by atoms with Crippen LogP contribution in [0.2, 0.25) is 0 Å². The highest BCUT2D eigenvalue weighted by Crippen LogP contribution is 2.45. The minimum Gasteiger partial charge on any atom is -0.339 e. The van der Waals surface area contributed by atoms with Gasteiger partial charge in [0.15, 0.2) is 0 Å². The van der Waals surface area contributed by atoms with Gasteiger partial charge in [0.1, 0.15) is 0 Å². The smallest absolute Gasteiger partial charge is 0.255 e. The number of aryl methyl sites for hydroxylation is 1. The molecule has 3 heterocycles. The van der Waals surface area contributed by atoms with Crippen LogP contribution in [0.15, 0.2) is 48.8 Å². The Bertz CT molecular complexity index is 812. The van der Waals surface area contributed by atoms with Crippen molar-refractivity contribution in [3.63, 3.8) is 0 Å². The quantitative estimate of drug-likeness (QED) is 0.807. The number of aromatic nitrogens is 1. The first kappa shape index (κ1) is 19.1. The van der Waals surface area contributed by atoms with Crippen LogP contribution in [-0.2, 0) is 0 Å². The lowest BCUT2D eigenvalue weighted by molar-refractivity contribution is 0.0158. The third-order valence-corrected chi connectivity index (χ3v) is 6.82. The second kappa shape index (κ2) is 8.04. The van der Waals surface area contributed by atoms with Gasteiger partial charge in [-0.15, -0.1) is 0 Å². The molecule has 4 heteroatoms. The summed E-state index contributed by atoms with van der Waals surface area (Å²) in [5, 5.41) is 0. The molecule has 2 aliphatic rings.